The fourth-order valence-corrected chi connectivity index (χ4v) is 3.38. The van der Waals surface area contributed by atoms with Gasteiger partial charge in [-0.05, 0) is 47.2 Å². The summed E-state index contributed by atoms with van der Waals surface area (Å²) in [7, 11) is 10.1. The Morgan fingerprint density at radius 2 is 1.85 bits per heavy atom. The number of guanidine groups is 1. The number of hydrogen-bond acceptors (Lipinski definition) is 2. The molecule has 0 saturated carbocycles. The molecular weight excluding hydrogens is 505 g/mol. The highest BCUT2D eigenvalue weighted by Gasteiger charge is 2.09. The zero-order valence-corrected chi connectivity index (χ0v) is 20.1. The molecule has 0 fully saturated rings. The van der Waals surface area contributed by atoms with Crippen molar-refractivity contribution in [1.82, 2.24) is 19.7 Å². The summed E-state index contributed by atoms with van der Waals surface area (Å²) in [5, 5.41) is 3.45. The lowest BCUT2D eigenvalue weighted by Crippen LogP contribution is -2.38. The van der Waals surface area contributed by atoms with Crippen molar-refractivity contribution in [1.29, 1.82) is 0 Å². The molecule has 0 aliphatic rings. The maximum atomic E-state index is 4.41. The minimum atomic E-state index is 0. The smallest absolute Gasteiger partial charge is 0.194 e. The second-order valence-corrected chi connectivity index (χ2v) is 7.49. The van der Waals surface area contributed by atoms with Crippen LogP contribution in [0.15, 0.2) is 46.0 Å². The Kier molecular flexibility index (Phi) is 9.67. The monoisotopic (exact) mass is 533 g/mol. The molecule has 1 aromatic heterocycles. The molecule has 2 rings (SSSR count). The van der Waals surface area contributed by atoms with E-state index in [0.29, 0.717) is 0 Å². The zero-order chi connectivity index (χ0) is 18.4. The lowest BCUT2D eigenvalue weighted by molar-refractivity contribution is 0.402. The van der Waals surface area contributed by atoms with Gasteiger partial charge in [-0.1, -0.05) is 24.3 Å². The first kappa shape index (κ1) is 23.0. The minimum absolute atomic E-state index is 0. The largest absolute Gasteiger partial charge is 0.352 e. The molecule has 0 saturated heterocycles. The summed E-state index contributed by atoms with van der Waals surface area (Å²) in [4.78, 5) is 8.72. The molecule has 144 valence electrons. The summed E-state index contributed by atoms with van der Waals surface area (Å²) >= 11 is 3.52. The fourth-order valence-electron chi connectivity index (χ4n) is 2.81. The van der Waals surface area contributed by atoms with Crippen LogP contribution in [0.2, 0.25) is 0 Å². The molecule has 2 aromatic rings. The Balaban J connectivity index is 0.00000338. The van der Waals surface area contributed by atoms with Crippen molar-refractivity contribution in [3.8, 4) is 0 Å². The Morgan fingerprint density at radius 1 is 1.15 bits per heavy atom. The number of halogens is 2. The molecular formula is C19H29BrIN5. The van der Waals surface area contributed by atoms with E-state index in [-0.39, 0.29) is 24.0 Å². The van der Waals surface area contributed by atoms with E-state index in [1.54, 1.807) is 0 Å². The third-order valence-corrected chi connectivity index (χ3v) is 4.42. The molecule has 1 heterocycles. The second-order valence-electron chi connectivity index (χ2n) is 6.58. The number of aryl methyl sites for hydroxylation is 1. The zero-order valence-electron chi connectivity index (χ0n) is 16.2. The van der Waals surface area contributed by atoms with Crippen LogP contribution in [-0.2, 0) is 26.7 Å². The van der Waals surface area contributed by atoms with Crippen LogP contribution in [0.3, 0.4) is 0 Å². The number of aliphatic imine (C=N–C) groups is 1. The van der Waals surface area contributed by atoms with E-state index in [4.69, 9.17) is 0 Å². The van der Waals surface area contributed by atoms with E-state index < -0.39 is 0 Å². The molecule has 26 heavy (non-hydrogen) atoms. The molecule has 0 aliphatic carbocycles. The molecule has 1 N–H and O–H groups in total. The van der Waals surface area contributed by atoms with Crippen LogP contribution in [0.4, 0.5) is 0 Å². The van der Waals surface area contributed by atoms with Crippen molar-refractivity contribution in [2.75, 3.05) is 28.2 Å². The van der Waals surface area contributed by atoms with Gasteiger partial charge in [-0.3, -0.25) is 4.99 Å². The molecule has 5 nitrogen and oxygen atoms in total. The van der Waals surface area contributed by atoms with E-state index in [2.05, 4.69) is 105 Å². The van der Waals surface area contributed by atoms with E-state index in [9.17, 15) is 0 Å². The number of nitrogens with zero attached hydrogens (tertiary/aromatic N) is 4. The maximum absolute atomic E-state index is 4.41. The van der Waals surface area contributed by atoms with Gasteiger partial charge in [0.25, 0.3) is 0 Å². The van der Waals surface area contributed by atoms with Gasteiger partial charge < -0.3 is 19.7 Å². The summed E-state index contributed by atoms with van der Waals surface area (Å²) in [6.45, 7) is 2.50. The third-order valence-electron chi connectivity index (χ3n) is 3.99. The van der Waals surface area contributed by atoms with E-state index in [1.807, 2.05) is 7.05 Å². The van der Waals surface area contributed by atoms with Crippen molar-refractivity contribution >= 4 is 45.9 Å². The first-order valence-corrected chi connectivity index (χ1v) is 9.13. The summed E-state index contributed by atoms with van der Waals surface area (Å²) in [6, 6.07) is 10.8. The Hall–Kier alpha value is -1.06. The molecule has 0 bridgehead atoms. The van der Waals surface area contributed by atoms with Gasteiger partial charge in [0.1, 0.15) is 0 Å². The first-order chi connectivity index (χ1) is 11.9. The van der Waals surface area contributed by atoms with Gasteiger partial charge in [0.15, 0.2) is 5.96 Å². The van der Waals surface area contributed by atoms with Gasteiger partial charge in [0.2, 0.25) is 0 Å². The molecule has 0 radical (unpaired) electrons. The highest BCUT2D eigenvalue weighted by molar-refractivity contribution is 14.0. The molecule has 7 heteroatoms. The van der Waals surface area contributed by atoms with Crippen molar-refractivity contribution in [2.45, 2.75) is 19.6 Å². The Bertz CT molecular complexity index is 726. The molecule has 1 aromatic carbocycles. The maximum Gasteiger partial charge on any atom is 0.194 e. The summed E-state index contributed by atoms with van der Waals surface area (Å²) in [6.07, 6.45) is 2.07. The Labute approximate surface area is 182 Å². The van der Waals surface area contributed by atoms with Crippen molar-refractivity contribution in [3.05, 3.63) is 57.8 Å². The SMILES string of the molecule is CN=C(NCc1cccc(CN(C)C)c1)N(C)Cc1cc(Br)cn1C.I. The van der Waals surface area contributed by atoms with Crippen LogP contribution in [0.1, 0.15) is 16.8 Å². The summed E-state index contributed by atoms with van der Waals surface area (Å²) in [5.41, 5.74) is 3.81. The first-order valence-electron chi connectivity index (χ1n) is 8.34. The number of benzene rings is 1. The predicted molar refractivity (Wildman–Crippen MR) is 124 cm³/mol. The number of rotatable bonds is 6. The van der Waals surface area contributed by atoms with Gasteiger partial charge in [-0.2, -0.15) is 0 Å². The van der Waals surface area contributed by atoms with Gasteiger partial charge in [0.05, 0.1) is 6.54 Å². The summed E-state index contributed by atoms with van der Waals surface area (Å²) < 4.78 is 3.22. The molecule has 0 spiro atoms. The van der Waals surface area contributed by atoms with Crippen molar-refractivity contribution in [2.24, 2.45) is 12.0 Å². The average Bonchev–Trinajstić information content (AvgIpc) is 2.85. The van der Waals surface area contributed by atoms with Crippen LogP contribution in [-0.4, -0.2) is 48.5 Å². The van der Waals surface area contributed by atoms with Crippen molar-refractivity contribution in [3.63, 3.8) is 0 Å². The van der Waals surface area contributed by atoms with Crippen LogP contribution in [0.25, 0.3) is 0 Å². The van der Waals surface area contributed by atoms with Gasteiger partial charge >= 0.3 is 0 Å². The molecule has 0 amide bonds. The van der Waals surface area contributed by atoms with Gasteiger partial charge in [0, 0.05) is 50.6 Å². The highest BCUT2D eigenvalue weighted by Crippen LogP contribution is 2.15. The average molecular weight is 534 g/mol. The predicted octanol–water partition coefficient (Wildman–Crippen LogP) is 3.67. The van der Waals surface area contributed by atoms with Gasteiger partial charge in [-0.25, -0.2) is 0 Å². The highest BCUT2D eigenvalue weighted by atomic mass is 127. The van der Waals surface area contributed by atoms with Crippen LogP contribution in [0, 0.1) is 0 Å². The van der Waals surface area contributed by atoms with Crippen LogP contribution < -0.4 is 5.32 Å². The number of aromatic nitrogens is 1. The molecule has 0 atom stereocenters. The van der Waals surface area contributed by atoms with Crippen molar-refractivity contribution < 1.29 is 0 Å². The topological polar surface area (TPSA) is 35.8 Å². The number of hydrogen-bond donors (Lipinski definition) is 1. The van der Waals surface area contributed by atoms with E-state index >= 15 is 0 Å². The second kappa shape index (κ2) is 10.9. The number of nitrogens with one attached hydrogen (secondary N) is 1. The van der Waals surface area contributed by atoms with Gasteiger partial charge in [-0.15, -0.1) is 24.0 Å². The lowest BCUT2D eigenvalue weighted by Gasteiger charge is -2.22. The Morgan fingerprint density at radius 3 is 2.42 bits per heavy atom. The third kappa shape index (κ3) is 6.92. The van der Waals surface area contributed by atoms with E-state index in [1.165, 1.54) is 16.8 Å². The quantitative estimate of drug-likeness (QED) is 0.349. The normalized spacial score (nSPS) is 11.4. The molecule has 0 unspecified atom stereocenters. The lowest BCUT2D eigenvalue weighted by atomic mass is 10.1. The minimum Gasteiger partial charge on any atom is -0.352 e. The fraction of sp³-hybridized carbons (Fsp3) is 0.421. The van der Waals surface area contributed by atoms with E-state index in [0.717, 1.165) is 30.1 Å². The standard InChI is InChI=1S/C19H28BrN5.HI/c1-21-19(25(5)14-18-10-17(20)13-24(18)4)22-11-15-7-6-8-16(9-15)12-23(2)3;/h6-10,13H,11-12,14H2,1-5H3,(H,21,22);1H. The summed E-state index contributed by atoms with van der Waals surface area (Å²) in [5.74, 6) is 0.885. The molecule has 0 aliphatic heterocycles. The van der Waals surface area contributed by atoms with Crippen LogP contribution in [0.5, 0.6) is 0 Å². The van der Waals surface area contributed by atoms with Crippen LogP contribution >= 0.6 is 39.9 Å².